The van der Waals surface area contributed by atoms with E-state index in [4.69, 9.17) is 4.74 Å². The maximum atomic E-state index is 12.7. The molecule has 2 aliphatic heterocycles. The molecule has 2 fully saturated rings. The zero-order chi connectivity index (χ0) is 17.9. The molecule has 0 N–H and O–H groups in total. The second kappa shape index (κ2) is 7.32. The molecule has 0 saturated carbocycles. The number of carbonyl (C=O) groups excluding carboxylic acids is 1. The summed E-state index contributed by atoms with van der Waals surface area (Å²) in [6.45, 7) is 4.71. The number of hydrogen-bond donors (Lipinski definition) is 0. The van der Waals surface area contributed by atoms with Crippen molar-refractivity contribution >= 4 is 11.7 Å². The van der Waals surface area contributed by atoms with Crippen LogP contribution in [0.3, 0.4) is 0 Å². The normalized spacial score (nSPS) is 22.2. The fraction of sp³-hybridized carbons (Fsp3) is 0.450. The summed E-state index contributed by atoms with van der Waals surface area (Å²) in [5.41, 5.74) is 0.965. The first-order valence-electron chi connectivity index (χ1n) is 9.21. The molecule has 2 unspecified atom stereocenters. The summed E-state index contributed by atoms with van der Waals surface area (Å²) in [6.07, 6.45) is 3.79. The second-order valence-corrected chi connectivity index (χ2v) is 7.06. The molecule has 0 bridgehead atoms. The Morgan fingerprint density at radius 2 is 2.00 bits per heavy atom. The number of anilines is 1. The molecule has 1 amide bonds. The number of benzene rings is 1. The Hall–Kier alpha value is -2.63. The first-order chi connectivity index (χ1) is 12.7. The molecule has 2 aliphatic rings. The summed E-state index contributed by atoms with van der Waals surface area (Å²) in [4.78, 5) is 25.6. The minimum absolute atomic E-state index is 0.0714. The molecule has 26 heavy (non-hydrogen) atoms. The van der Waals surface area contributed by atoms with Crippen molar-refractivity contribution in [2.24, 2.45) is 5.92 Å². The van der Waals surface area contributed by atoms with E-state index in [2.05, 4.69) is 14.9 Å². The van der Waals surface area contributed by atoms with Crippen LogP contribution < -0.4 is 9.64 Å². The summed E-state index contributed by atoms with van der Waals surface area (Å²) >= 11 is 0. The van der Waals surface area contributed by atoms with Crippen LogP contribution in [-0.2, 0) is 4.79 Å². The van der Waals surface area contributed by atoms with Crippen molar-refractivity contribution in [2.75, 3.05) is 31.1 Å². The number of para-hydroxylation sites is 1. The lowest BCUT2D eigenvalue weighted by Crippen LogP contribution is -2.51. The number of rotatable bonds is 4. The van der Waals surface area contributed by atoms with Crippen molar-refractivity contribution in [3.8, 4) is 5.75 Å². The van der Waals surface area contributed by atoms with Gasteiger partial charge in [-0.25, -0.2) is 9.97 Å². The van der Waals surface area contributed by atoms with E-state index in [1.165, 1.54) is 0 Å². The molecule has 0 spiro atoms. The fourth-order valence-corrected chi connectivity index (χ4v) is 4.02. The minimum atomic E-state index is 0.0714. The largest absolute Gasteiger partial charge is 0.484 e. The average molecular weight is 352 g/mol. The Morgan fingerprint density at radius 1 is 1.19 bits per heavy atom. The molecule has 0 radical (unpaired) electrons. The number of nitrogens with zero attached hydrogens (tertiary/aromatic N) is 4. The van der Waals surface area contributed by atoms with E-state index in [9.17, 15) is 4.79 Å². The maximum Gasteiger partial charge on any atom is 0.260 e. The van der Waals surface area contributed by atoms with Gasteiger partial charge in [0, 0.05) is 31.4 Å². The van der Waals surface area contributed by atoms with Gasteiger partial charge in [-0.2, -0.15) is 0 Å². The van der Waals surface area contributed by atoms with Crippen molar-refractivity contribution in [1.29, 1.82) is 0 Å². The quantitative estimate of drug-likeness (QED) is 0.845. The van der Waals surface area contributed by atoms with Crippen LogP contribution in [-0.4, -0.2) is 53.1 Å². The third kappa shape index (κ3) is 3.49. The van der Waals surface area contributed by atoms with Crippen molar-refractivity contribution in [3.63, 3.8) is 0 Å². The van der Waals surface area contributed by atoms with Crippen LogP contribution in [0.25, 0.3) is 0 Å². The first kappa shape index (κ1) is 16.8. The Morgan fingerprint density at radius 3 is 2.81 bits per heavy atom. The van der Waals surface area contributed by atoms with E-state index < -0.39 is 0 Å². The third-order valence-corrected chi connectivity index (χ3v) is 5.40. The molecule has 2 atom stereocenters. The van der Waals surface area contributed by atoms with E-state index in [1.807, 2.05) is 48.2 Å². The van der Waals surface area contributed by atoms with Gasteiger partial charge in [0.25, 0.3) is 5.91 Å². The summed E-state index contributed by atoms with van der Waals surface area (Å²) < 4.78 is 5.66. The van der Waals surface area contributed by atoms with E-state index in [-0.39, 0.29) is 18.6 Å². The van der Waals surface area contributed by atoms with Gasteiger partial charge in [0.1, 0.15) is 17.9 Å². The highest BCUT2D eigenvalue weighted by Gasteiger charge is 2.40. The fourth-order valence-electron chi connectivity index (χ4n) is 4.02. The molecule has 1 aromatic carbocycles. The van der Waals surface area contributed by atoms with Crippen LogP contribution in [0.2, 0.25) is 0 Å². The van der Waals surface area contributed by atoms with E-state index in [0.717, 1.165) is 49.7 Å². The number of carbonyl (C=O) groups is 1. The number of hydrogen-bond acceptors (Lipinski definition) is 5. The topological polar surface area (TPSA) is 58.6 Å². The van der Waals surface area contributed by atoms with Crippen molar-refractivity contribution < 1.29 is 9.53 Å². The molecular formula is C20H24N4O2. The van der Waals surface area contributed by atoms with Gasteiger partial charge >= 0.3 is 0 Å². The standard InChI is InChI=1S/C20H24N4O2/c1-15-11-19(22-14-21-15)23-9-7-16-8-10-24(18(16)12-23)20(25)13-26-17-5-3-2-4-6-17/h2-6,11,14,16,18H,7-10,12-13H2,1H3. The van der Waals surface area contributed by atoms with Crippen LogP contribution in [0.5, 0.6) is 5.75 Å². The summed E-state index contributed by atoms with van der Waals surface area (Å²) in [5, 5.41) is 0. The van der Waals surface area contributed by atoms with Crippen LogP contribution in [0, 0.1) is 12.8 Å². The summed E-state index contributed by atoms with van der Waals surface area (Å²) in [5.74, 6) is 2.34. The predicted molar refractivity (Wildman–Crippen MR) is 99.1 cm³/mol. The highest BCUT2D eigenvalue weighted by atomic mass is 16.5. The third-order valence-electron chi connectivity index (χ3n) is 5.40. The van der Waals surface area contributed by atoms with Gasteiger partial charge in [0.05, 0.1) is 6.04 Å². The molecule has 0 aliphatic carbocycles. The zero-order valence-corrected chi connectivity index (χ0v) is 15.0. The van der Waals surface area contributed by atoms with E-state index in [1.54, 1.807) is 6.33 Å². The smallest absolute Gasteiger partial charge is 0.260 e. The number of amides is 1. The number of likely N-dealkylation sites (tertiary alicyclic amines) is 1. The molecule has 136 valence electrons. The Balaban J connectivity index is 1.41. The highest BCUT2D eigenvalue weighted by molar-refractivity contribution is 5.78. The van der Waals surface area contributed by atoms with Crippen molar-refractivity contribution in [3.05, 3.63) is 48.4 Å². The molecule has 2 saturated heterocycles. The van der Waals surface area contributed by atoms with E-state index in [0.29, 0.717) is 5.92 Å². The number of ether oxygens (including phenoxy) is 1. The number of aryl methyl sites for hydroxylation is 1. The lowest BCUT2D eigenvalue weighted by molar-refractivity contribution is -0.134. The van der Waals surface area contributed by atoms with Gasteiger partial charge in [-0.05, 0) is 37.8 Å². The molecule has 1 aromatic heterocycles. The highest BCUT2D eigenvalue weighted by Crippen LogP contribution is 2.33. The zero-order valence-electron chi connectivity index (χ0n) is 15.0. The van der Waals surface area contributed by atoms with Gasteiger partial charge in [-0.1, -0.05) is 18.2 Å². The molecule has 4 rings (SSSR count). The Bertz CT molecular complexity index is 767. The van der Waals surface area contributed by atoms with Crippen LogP contribution in [0.15, 0.2) is 42.7 Å². The van der Waals surface area contributed by atoms with Gasteiger partial charge in [0.2, 0.25) is 0 Å². The van der Waals surface area contributed by atoms with Crippen LogP contribution in [0.4, 0.5) is 5.82 Å². The van der Waals surface area contributed by atoms with E-state index >= 15 is 0 Å². The predicted octanol–water partition coefficient (Wildman–Crippen LogP) is 2.29. The lowest BCUT2D eigenvalue weighted by Gasteiger charge is -2.39. The average Bonchev–Trinajstić information content (AvgIpc) is 3.10. The summed E-state index contributed by atoms with van der Waals surface area (Å²) in [6, 6.07) is 11.8. The van der Waals surface area contributed by atoms with Gasteiger partial charge in [0.15, 0.2) is 6.61 Å². The van der Waals surface area contributed by atoms with Crippen LogP contribution >= 0.6 is 0 Å². The molecule has 2 aromatic rings. The SMILES string of the molecule is Cc1cc(N2CCC3CCN(C(=O)COc4ccccc4)C3C2)ncn1. The summed E-state index contributed by atoms with van der Waals surface area (Å²) in [7, 11) is 0. The lowest BCUT2D eigenvalue weighted by atomic mass is 9.92. The Kier molecular flexibility index (Phi) is 4.73. The molecule has 3 heterocycles. The van der Waals surface area contributed by atoms with Gasteiger partial charge in [-0.15, -0.1) is 0 Å². The molecule has 6 heteroatoms. The van der Waals surface area contributed by atoms with Gasteiger partial charge < -0.3 is 14.5 Å². The van der Waals surface area contributed by atoms with Crippen molar-refractivity contribution in [2.45, 2.75) is 25.8 Å². The Labute approximate surface area is 153 Å². The second-order valence-electron chi connectivity index (χ2n) is 7.06. The van der Waals surface area contributed by atoms with Gasteiger partial charge in [-0.3, -0.25) is 4.79 Å². The minimum Gasteiger partial charge on any atom is -0.484 e. The van der Waals surface area contributed by atoms with Crippen LogP contribution in [0.1, 0.15) is 18.5 Å². The number of aromatic nitrogens is 2. The number of piperidine rings is 1. The monoisotopic (exact) mass is 352 g/mol. The molecular weight excluding hydrogens is 328 g/mol. The van der Waals surface area contributed by atoms with Crippen molar-refractivity contribution in [1.82, 2.24) is 14.9 Å². The molecule has 6 nitrogen and oxygen atoms in total. The maximum absolute atomic E-state index is 12.7. The first-order valence-corrected chi connectivity index (χ1v) is 9.21. The number of fused-ring (bicyclic) bond motifs is 1.